The van der Waals surface area contributed by atoms with E-state index in [1.165, 1.54) is 10.4 Å². The van der Waals surface area contributed by atoms with E-state index in [4.69, 9.17) is 0 Å². The highest BCUT2D eigenvalue weighted by atomic mass is 79.9. The smallest absolute Gasteiger partial charge is 0.185 e. The molecule has 1 heterocycles. The first kappa shape index (κ1) is 16.5. The van der Waals surface area contributed by atoms with Gasteiger partial charge in [0.2, 0.25) is 0 Å². The molecule has 0 radical (unpaired) electrons. The Balaban J connectivity index is 1.92. The number of hydrogen-bond acceptors (Lipinski definition) is 4. The van der Waals surface area contributed by atoms with E-state index in [1.54, 1.807) is 11.3 Å². The van der Waals surface area contributed by atoms with Crippen molar-refractivity contribution >= 4 is 32.4 Å². The number of rotatable bonds is 7. The van der Waals surface area contributed by atoms with E-state index in [-0.39, 0.29) is 0 Å². The van der Waals surface area contributed by atoms with Crippen LogP contribution in [0.4, 0.5) is 5.13 Å². The molecule has 1 aromatic heterocycles. The Morgan fingerprint density at radius 3 is 2.52 bits per heavy atom. The fourth-order valence-corrected chi connectivity index (χ4v) is 3.39. The van der Waals surface area contributed by atoms with E-state index in [0.29, 0.717) is 6.04 Å². The number of aromatic nitrogens is 1. The van der Waals surface area contributed by atoms with Crippen LogP contribution in [-0.4, -0.2) is 18.1 Å². The van der Waals surface area contributed by atoms with Crippen LogP contribution in [0.25, 0.3) is 0 Å². The van der Waals surface area contributed by atoms with Gasteiger partial charge in [0.25, 0.3) is 0 Å². The molecule has 3 nitrogen and oxygen atoms in total. The molecule has 0 spiro atoms. The summed E-state index contributed by atoms with van der Waals surface area (Å²) >= 11 is 5.24. The van der Waals surface area contributed by atoms with Crippen LogP contribution in [0, 0.1) is 0 Å². The fraction of sp³-hybridized carbons (Fsp3) is 0.438. The minimum Gasteiger partial charge on any atom is -0.349 e. The van der Waals surface area contributed by atoms with Crippen molar-refractivity contribution in [2.75, 3.05) is 18.0 Å². The third kappa shape index (κ3) is 4.53. The van der Waals surface area contributed by atoms with Crippen LogP contribution in [-0.2, 0) is 6.54 Å². The molecule has 0 saturated heterocycles. The highest BCUT2D eigenvalue weighted by molar-refractivity contribution is 9.10. The SMILES string of the molecule is CCN(CC)c1ncc(CN[C@@H](C)c2ccc(Br)cc2)s1. The average molecular weight is 368 g/mol. The molecular formula is C16H22BrN3S. The Hall–Kier alpha value is -0.910. The molecule has 1 atom stereocenters. The summed E-state index contributed by atoms with van der Waals surface area (Å²) < 4.78 is 1.12. The van der Waals surface area contributed by atoms with Gasteiger partial charge < -0.3 is 10.2 Å². The molecular weight excluding hydrogens is 346 g/mol. The summed E-state index contributed by atoms with van der Waals surface area (Å²) in [5.74, 6) is 0. The first-order valence-electron chi connectivity index (χ1n) is 7.32. The summed E-state index contributed by atoms with van der Waals surface area (Å²) in [6.45, 7) is 9.39. The normalized spacial score (nSPS) is 12.4. The molecule has 0 aliphatic rings. The second-order valence-electron chi connectivity index (χ2n) is 4.94. The second kappa shape index (κ2) is 7.92. The van der Waals surface area contributed by atoms with E-state index >= 15 is 0 Å². The van der Waals surface area contributed by atoms with Crippen LogP contribution in [0.5, 0.6) is 0 Å². The highest BCUT2D eigenvalue weighted by Crippen LogP contribution is 2.23. The van der Waals surface area contributed by atoms with Gasteiger partial charge >= 0.3 is 0 Å². The maximum absolute atomic E-state index is 4.52. The molecule has 0 fully saturated rings. The van der Waals surface area contributed by atoms with Crippen LogP contribution in [0.2, 0.25) is 0 Å². The lowest BCUT2D eigenvalue weighted by atomic mass is 10.1. The molecule has 2 aromatic rings. The Morgan fingerprint density at radius 1 is 1.24 bits per heavy atom. The second-order valence-corrected chi connectivity index (χ2v) is 6.94. The van der Waals surface area contributed by atoms with Gasteiger partial charge in [0, 0.05) is 41.2 Å². The van der Waals surface area contributed by atoms with Gasteiger partial charge in [-0.15, -0.1) is 11.3 Å². The molecule has 0 saturated carbocycles. The van der Waals surface area contributed by atoms with Gasteiger partial charge in [0.15, 0.2) is 5.13 Å². The van der Waals surface area contributed by atoms with Gasteiger partial charge in [-0.1, -0.05) is 28.1 Å². The van der Waals surface area contributed by atoms with E-state index < -0.39 is 0 Å². The highest BCUT2D eigenvalue weighted by Gasteiger charge is 2.09. The third-order valence-corrected chi connectivity index (χ3v) is 5.11. The lowest BCUT2D eigenvalue weighted by Crippen LogP contribution is -2.21. The monoisotopic (exact) mass is 367 g/mol. The van der Waals surface area contributed by atoms with Gasteiger partial charge in [-0.3, -0.25) is 0 Å². The molecule has 21 heavy (non-hydrogen) atoms. The predicted octanol–water partition coefficient (Wildman–Crippen LogP) is 4.60. The Morgan fingerprint density at radius 2 is 1.90 bits per heavy atom. The van der Waals surface area contributed by atoms with Gasteiger partial charge in [-0.05, 0) is 38.5 Å². The van der Waals surface area contributed by atoms with Crippen molar-refractivity contribution in [3.05, 3.63) is 45.4 Å². The zero-order valence-electron chi connectivity index (χ0n) is 12.8. The van der Waals surface area contributed by atoms with Crippen molar-refractivity contribution < 1.29 is 0 Å². The predicted molar refractivity (Wildman–Crippen MR) is 95.1 cm³/mol. The number of benzene rings is 1. The Kier molecular flexibility index (Phi) is 6.21. The first-order chi connectivity index (χ1) is 10.1. The molecule has 0 aliphatic carbocycles. The molecule has 0 unspecified atom stereocenters. The number of halogens is 1. The molecule has 0 bridgehead atoms. The molecule has 2 rings (SSSR count). The third-order valence-electron chi connectivity index (χ3n) is 3.53. The van der Waals surface area contributed by atoms with Gasteiger partial charge in [0.05, 0.1) is 0 Å². The number of nitrogens with one attached hydrogen (secondary N) is 1. The topological polar surface area (TPSA) is 28.2 Å². The fourth-order valence-electron chi connectivity index (χ4n) is 2.14. The van der Waals surface area contributed by atoms with Crippen molar-refractivity contribution in [1.29, 1.82) is 0 Å². The number of anilines is 1. The summed E-state index contributed by atoms with van der Waals surface area (Å²) in [6.07, 6.45) is 1.99. The first-order valence-corrected chi connectivity index (χ1v) is 8.93. The minimum absolute atomic E-state index is 0.331. The van der Waals surface area contributed by atoms with Crippen LogP contribution >= 0.6 is 27.3 Å². The lowest BCUT2D eigenvalue weighted by Gasteiger charge is -2.16. The number of thiazole rings is 1. The van der Waals surface area contributed by atoms with Gasteiger partial charge in [-0.2, -0.15) is 0 Å². The van der Waals surface area contributed by atoms with E-state index in [2.05, 4.69) is 76.2 Å². The van der Waals surface area contributed by atoms with Crippen molar-refractivity contribution in [2.45, 2.75) is 33.4 Å². The molecule has 1 aromatic carbocycles. The lowest BCUT2D eigenvalue weighted by molar-refractivity contribution is 0.578. The van der Waals surface area contributed by atoms with Crippen molar-refractivity contribution in [3.63, 3.8) is 0 Å². The summed E-state index contributed by atoms with van der Waals surface area (Å²) in [7, 11) is 0. The van der Waals surface area contributed by atoms with Crippen LogP contribution in [0.1, 0.15) is 37.3 Å². The maximum atomic E-state index is 4.52. The zero-order valence-corrected chi connectivity index (χ0v) is 15.2. The van der Waals surface area contributed by atoms with Gasteiger partial charge in [-0.25, -0.2) is 4.98 Å². The molecule has 0 amide bonds. The molecule has 1 N–H and O–H groups in total. The van der Waals surface area contributed by atoms with Crippen LogP contribution in [0.3, 0.4) is 0 Å². The minimum atomic E-state index is 0.331. The van der Waals surface area contributed by atoms with E-state index in [1.807, 2.05) is 6.20 Å². The number of nitrogens with zero attached hydrogens (tertiary/aromatic N) is 2. The van der Waals surface area contributed by atoms with Crippen molar-refractivity contribution in [3.8, 4) is 0 Å². The van der Waals surface area contributed by atoms with Crippen molar-refractivity contribution in [1.82, 2.24) is 10.3 Å². The molecule has 0 aliphatic heterocycles. The summed E-state index contributed by atoms with van der Waals surface area (Å²) in [5, 5.41) is 4.68. The van der Waals surface area contributed by atoms with E-state index in [0.717, 1.165) is 29.2 Å². The van der Waals surface area contributed by atoms with E-state index in [9.17, 15) is 0 Å². The maximum Gasteiger partial charge on any atom is 0.185 e. The summed E-state index contributed by atoms with van der Waals surface area (Å²) in [5.41, 5.74) is 1.30. The largest absolute Gasteiger partial charge is 0.349 e. The standard InChI is InChI=1S/C16H22BrN3S/c1-4-20(5-2)16-19-11-15(21-16)10-18-12(3)13-6-8-14(17)9-7-13/h6-9,11-12,18H,4-5,10H2,1-3H3/t12-/m0/s1. The quantitative estimate of drug-likeness (QED) is 0.774. The molecule has 114 valence electrons. The Bertz CT molecular complexity index is 549. The van der Waals surface area contributed by atoms with Crippen LogP contribution in [0.15, 0.2) is 34.9 Å². The summed E-state index contributed by atoms with van der Waals surface area (Å²) in [6, 6.07) is 8.79. The Labute approximate surface area is 139 Å². The summed E-state index contributed by atoms with van der Waals surface area (Å²) in [4.78, 5) is 8.08. The number of hydrogen-bond donors (Lipinski definition) is 1. The van der Waals surface area contributed by atoms with Gasteiger partial charge in [0.1, 0.15) is 0 Å². The van der Waals surface area contributed by atoms with Crippen molar-refractivity contribution in [2.24, 2.45) is 0 Å². The van der Waals surface area contributed by atoms with Crippen LogP contribution < -0.4 is 10.2 Å². The zero-order chi connectivity index (χ0) is 15.2. The average Bonchev–Trinajstić information content (AvgIpc) is 2.96. The molecule has 5 heteroatoms.